The van der Waals surface area contributed by atoms with Gasteiger partial charge in [0.05, 0.1) is 23.0 Å². The SMILES string of the molecule is O=c1[nH]c(=O)n(-c2ccccc2Cl)c(O)c1C=NN1CCCC[C@H]1c1cccnc1. The fourth-order valence-electron chi connectivity index (χ4n) is 3.61. The van der Waals surface area contributed by atoms with Crippen molar-refractivity contribution in [1.29, 1.82) is 0 Å². The third-order valence-corrected chi connectivity index (χ3v) is 5.41. The van der Waals surface area contributed by atoms with E-state index in [1.165, 1.54) is 6.21 Å². The number of rotatable bonds is 4. The van der Waals surface area contributed by atoms with Gasteiger partial charge in [0.25, 0.3) is 5.56 Å². The van der Waals surface area contributed by atoms with Crippen molar-refractivity contribution >= 4 is 17.8 Å². The van der Waals surface area contributed by atoms with Crippen LogP contribution < -0.4 is 11.2 Å². The van der Waals surface area contributed by atoms with Crippen molar-refractivity contribution in [3.8, 4) is 11.6 Å². The standard InChI is InChI=1S/C21H20ClN5O3/c22-16-7-1-2-9-18(16)27-20(29)15(19(28)25-21(27)30)13-24-26-11-4-3-8-17(26)14-6-5-10-23-12-14/h1-2,5-7,9-10,12-13,17,29H,3-4,8,11H2,(H,25,28,30)/t17-/m0/s1. The Balaban J connectivity index is 1.73. The highest BCUT2D eigenvalue weighted by atomic mass is 35.5. The smallest absolute Gasteiger partial charge is 0.335 e. The lowest BCUT2D eigenvalue weighted by atomic mass is 9.98. The maximum absolute atomic E-state index is 12.4. The van der Waals surface area contributed by atoms with Crippen molar-refractivity contribution in [2.24, 2.45) is 5.10 Å². The first-order chi connectivity index (χ1) is 14.6. The maximum atomic E-state index is 12.4. The first kappa shape index (κ1) is 19.9. The molecule has 0 bridgehead atoms. The van der Waals surface area contributed by atoms with Crippen molar-refractivity contribution in [2.45, 2.75) is 25.3 Å². The molecule has 2 N–H and O–H groups in total. The van der Waals surface area contributed by atoms with Crippen LogP contribution in [-0.4, -0.2) is 37.4 Å². The summed E-state index contributed by atoms with van der Waals surface area (Å²) in [5.41, 5.74) is -0.328. The van der Waals surface area contributed by atoms with Gasteiger partial charge >= 0.3 is 5.69 Å². The topological polar surface area (TPSA) is 104 Å². The third kappa shape index (κ3) is 3.86. The molecule has 1 atom stereocenters. The zero-order valence-corrected chi connectivity index (χ0v) is 16.8. The van der Waals surface area contributed by atoms with Crippen LogP contribution in [0.4, 0.5) is 0 Å². The van der Waals surface area contributed by atoms with Gasteiger partial charge in [0.1, 0.15) is 5.56 Å². The van der Waals surface area contributed by atoms with E-state index in [2.05, 4.69) is 15.1 Å². The molecule has 4 rings (SSSR count). The van der Waals surface area contributed by atoms with E-state index in [9.17, 15) is 14.7 Å². The number of hydrogen-bond donors (Lipinski definition) is 2. The van der Waals surface area contributed by atoms with Gasteiger partial charge in [0, 0.05) is 18.9 Å². The summed E-state index contributed by atoms with van der Waals surface area (Å²) in [5, 5.41) is 17.3. The maximum Gasteiger partial charge on any atom is 0.335 e. The van der Waals surface area contributed by atoms with Gasteiger partial charge in [-0.25, -0.2) is 9.36 Å². The molecule has 9 heteroatoms. The normalized spacial score (nSPS) is 16.8. The number of hydrogen-bond acceptors (Lipinski definition) is 6. The van der Waals surface area contributed by atoms with Crippen LogP contribution in [0.1, 0.15) is 36.4 Å². The van der Waals surface area contributed by atoms with E-state index in [0.29, 0.717) is 6.54 Å². The zero-order chi connectivity index (χ0) is 21.1. The highest BCUT2D eigenvalue weighted by molar-refractivity contribution is 6.32. The summed E-state index contributed by atoms with van der Waals surface area (Å²) < 4.78 is 0.958. The second-order valence-corrected chi connectivity index (χ2v) is 7.40. The molecule has 0 amide bonds. The molecule has 3 aromatic rings. The van der Waals surface area contributed by atoms with Crippen molar-refractivity contribution in [2.75, 3.05) is 6.54 Å². The van der Waals surface area contributed by atoms with Gasteiger partial charge in [-0.15, -0.1) is 0 Å². The summed E-state index contributed by atoms with van der Waals surface area (Å²) in [6.07, 6.45) is 7.75. The molecular weight excluding hydrogens is 406 g/mol. The minimum absolute atomic E-state index is 0.0272. The monoisotopic (exact) mass is 425 g/mol. The molecule has 2 aromatic heterocycles. The number of piperidine rings is 1. The number of para-hydroxylation sites is 1. The largest absolute Gasteiger partial charge is 0.493 e. The van der Waals surface area contributed by atoms with Gasteiger partial charge in [0.15, 0.2) is 0 Å². The number of pyridine rings is 1. The first-order valence-corrected chi connectivity index (χ1v) is 9.98. The molecule has 0 spiro atoms. The number of H-pyrrole nitrogens is 1. The van der Waals surface area contributed by atoms with Crippen LogP contribution in [-0.2, 0) is 0 Å². The van der Waals surface area contributed by atoms with Crippen LogP contribution in [0, 0.1) is 0 Å². The van der Waals surface area contributed by atoms with Gasteiger partial charge < -0.3 is 5.11 Å². The molecule has 0 radical (unpaired) electrons. The van der Waals surface area contributed by atoms with E-state index in [1.54, 1.807) is 36.7 Å². The van der Waals surface area contributed by atoms with Crippen LogP contribution in [0.3, 0.4) is 0 Å². The Labute approximate surface area is 177 Å². The highest BCUT2D eigenvalue weighted by Crippen LogP contribution is 2.30. The summed E-state index contributed by atoms with van der Waals surface area (Å²) in [7, 11) is 0. The van der Waals surface area contributed by atoms with Gasteiger partial charge in [-0.3, -0.25) is 19.8 Å². The fourth-order valence-corrected chi connectivity index (χ4v) is 3.83. The quantitative estimate of drug-likeness (QED) is 0.625. The van der Waals surface area contributed by atoms with Crippen LogP contribution in [0.5, 0.6) is 5.88 Å². The van der Waals surface area contributed by atoms with Crippen molar-refractivity contribution < 1.29 is 5.11 Å². The van der Waals surface area contributed by atoms with E-state index in [1.807, 2.05) is 17.1 Å². The van der Waals surface area contributed by atoms with Crippen LogP contribution in [0.15, 0.2) is 63.5 Å². The molecule has 0 aliphatic carbocycles. The number of aromatic amines is 1. The van der Waals surface area contributed by atoms with Crippen molar-refractivity contribution in [3.63, 3.8) is 0 Å². The minimum atomic E-state index is -0.783. The molecule has 1 fully saturated rings. The summed E-state index contributed by atoms with van der Waals surface area (Å²) >= 11 is 6.17. The summed E-state index contributed by atoms with van der Waals surface area (Å²) in [5.74, 6) is -0.518. The Morgan fingerprint density at radius 1 is 1.20 bits per heavy atom. The van der Waals surface area contributed by atoms with Crippen LogP contribution in [0.25, 0.3) is 5.69 Å². The van der Waals surface area contributed by atoms with Crippen molar-refractivity contribution in [3.05, 3.63) is 85.8 Å². The Kier molecular flexibility index (Phi) is 5.67. The highest BCUT2D eigenvalue weighted by Gasteiger charge is 2.23. The molecular formula is C21H20ClN5O3. The summed E-state index contributed by atoms with van der Waals surface area (Å²) in [6.45, 7) is 0.707. The lowest BCUT2D eigenvalue weighted by Gasteiger charge is -2.33. The molecule has 3 heterocycles. The average molecular weight is 426 g/mol. The molecule has 30 heavy (non-hydrogen) atoms. The van der Waals surface area contributed by atoms with Crippen molar-refractivity contribution in [1.82, 2.24) is 19.5 Å². The number of nitrogens with one attached hydrogen (secondary N) is 1. The number of nitrogens with zero attached hydrogens (tertiary/aromatic N) is 4. The van der Waals surface area contributed by atoms with Crippen LogP contribution >= 0.6 is 11.6 Å². The Bertz CT molecular complexity index is 1190. The third-order valence-electron chi connectivity index (χ3n) is 5.09. The number of halogens is 1. The molecule has 1 aromatic carbocycles. The minimum Gasteiger partial charge on any atom is -0.493 e. The Morgan fingerprint density at radius 3 is 2.80 bits per heavy atom. The second-order valence-electron chi connectivity index (χ2n) is 6.99. The number of benzene rings is 1. The molecule has 0 unspecified atom stereocenters. The number of aromatic hydroxyl groups is 1. The Morgan fingerprint density at radius 2 is 2.03 bits per heavy atom. The summed E-state index contributed by atoms with van der Waals surface area (Å²) in [6, 6.07) is 10.4. The van der Waals surface area contributed by atoms with E-state index >= 15 is 0 Å². The van der Waals surface area contributed by atoms with E-state index in [-0.39, 0.29) is 22.3 Å². The second kappa shape index (κ2) is 8.54. The fraction of sp³-hybridized carbons (Fsp3) is 0.238. The first-order valence-electron chi connectivity index (χ1n) is 9.60. The van der Waals surface area contributed by atoms with Gasteiger partial charge in [-0.1, -0.05) is 29.8 Å². The molecule has 1 aliphatic rings. The number of aromatic nitrogens is 3. The van der Waals surface area contributed by atoms with Gasteiger partial charge in [-0.05, 0) is 43.0 Å². The lowest BCUT2D eigenvalue weighted by molar-refractivity contribution is 0.156. The van der Waals surface area contributed by atoms with E-state index < -0.39 is 17.1 Å². The van der Waals surface area contributed by atoms with E-state index in [0.717, 1.165) is 29.4 Å². The predicted molar refractivity (Wildman–Crippen MR) is 114 cm³/mol. The lowest BCUT2D eigenvalue weighted by Crippen LogP contribution is -2.32. The molecule has 0 saturated carbocycles. The number of hydrazone groups is 1. The predicted octanol–water partition coefficient (Wildman–Crippen LogP) is 2.84. The summed E-state index contributed by atoms with van der Waals surface area (Å²) in [4.78, 5) is 31.1. The molecule has 1 aliphatic heterocycles. The van der Waals surface area contributed by atoms with Gasteiger partial charge in [0.2, 0.25) is 5.88 Å². The average Bonchev–Trinajstić information content (AvgIpc) is 2.75. The molecule has 154 valence electrons. The molecule has 8 nitrogen and oxygen atoms in total. The Hall–Kier alpha value is -3.39. The van der Waals surface area contributed by atoms with E-state index in [4.69, 9.17) is 11.6 Å². The zero-order valence-electron chi connectivity index (χ0n) is 16.0. The van der Waals surface area contributed by atoms with Crippen LogP contribution in [0.2, 0.25) is 5.02 Å². The molecule has 1 saturated heterocycles. The van der Waals surface area contributed by atoms with Gasteiger partial charge in [-0.2, -0.15) is 5.10 Å².